The maximum absolute atomic E-state index is 3.39. The summed E-state index contributed by atoms with van der Waals surface area (Å²) in [5, 5.41) is 3.39. The molecule has 0 aromatic heterocycles. The van der Waals surface area contributed by atoms with Gasteiger partial charge in [0.2, 0.25) is 0 Å². The second-order valence-corrected chi connectivity index (χ2v) is 6.94. The van der Waals surface area contributed by atoms with Crippen LogP contribution in [0.2, 0.25) is 0 Å². The topological polar surface area (TPSA) is 12.0 Å². The van der Waals surface area contributed by atoms with E-state index in [4.69, 9.17) is 0 Å². The van der Waals surface area contributed by atoms with Crippen LogP contribution in [-0.2, 0) is 6.42 Å². The number of nitrogens with one attached hydrogen (secondary N) is 1. The van der Waals surface area contributed by atoms with Gasteiger partial charge in [-0.1, -0.05) is 0 Å². The standard InChI is InChI=1S/C8H8I2N/c9-10-7-2-1-6-3-4-11-8(6)5-7/h1-2,5,11H,3-4H2/q-1. The first-order chi connectivity index (χ1) is 5.40. The molecule has 11 heavy (non-hydrogen) atoms. The zero-order valence-electron chi connectivity index (χ0n) is 5.90. The van der Waals surface area contributed by atoms with E-state index in [9.17, 15) is 0 Å². The van der Waals surface area contributed by atoms with Crippen LogP contribution in [0.1, 0.15) is 5.56 Å². The molecule has 1 N–H and O–H groups in total. The Morgan fingerprint density at radius 2 is 2.36 bits per heavy atom. The number of anilines is 1. The Kier molecular flexibility index (Phi) is 2.55. The Bertz CT molecular complexity index is 273. The zero-order chi connectivity index (χ0) is 7.68. The van der Waals surface area contributed by atoms with E-state index >= 15 is 0 Å². The number of hydrogen-bond acceptors (Lipinski definition) is 1. The van der Waals surface area contributed by atoms with Gasteiger partial charge in [0.1, 0.15) is 0 Å². The van der Waals surface area contributed by atoms with E-state index < -0.39 is 0 Å². The first-order valence-electron chi connectivity index (χ1n) is 3.53. The van der Waals surface area contributed by atoms with Crippen molar-refractivity contribution in [2.75, 3.05) is 11.9 Å². The first-order valence-corrected chi connectivity index (χ1v) is 10.9. The molecule has 0 unspecified atom stereocenters. The van der Waals surface area contributed by atoms with Gasteiger partial charge in [0, 0.05) is 0 Å². The van der Waals surface area contributed by atoms with Gasteiger partial charge in [-0.2, -0.15) is 0 Å². The third-order valence-corrected chi connectivity index (χ3v) is 6.16. The van der Waals surface area contributed by atoms with Crippen molar-refractivity contribution in [1.29, 1.82) is 0 Å². The molecule has 0 fully saturated rings. The van der Waals surface area contributed by atoms with Gasteiger partial charge in [0.15, 0.2) is 0 Å². The SMILES string of the molecule is I[I-]c1ccc2c(c1)NCC2. The summed E-state index contributed by atoms with van der Waals surface area (Å²) in [4.78, 5) is 0. The summed E-state index contributed by atoms with van der Waals surface area (Å²) in [6.45, 7) is 1.12. The molecular weight excluding hydrogens is 364 g/mol. The van der Waals surface area contributed by atoms with E-state index in [-0.39, 0.29) is 17.2 Å². The third-order valence-electron chi connectivity index (χ3n) is 1.86. The van der Waals surface area contributed by atoms with Gasteiger partial charge in [-0.15, -0.1) is 0 Å². The minimum absolute atomic E-state index is 0.231. The first kappa shape index (κ1) is 8.10. The molecule has 0 radical (unpaired) electrons. The van der Waals surface area contributed by atoms with Gasteiger partial charge < -0.3 is 0 Å². The molecule has 1 aliphatic rings. The molecule has 3 heteroatoms. The molecule has 60 valence electrons. The summed E-state index contributed by atoms with van der Waals surface area (Å²) in [6, 6.07) is 6.84. The van der Waals surface area contributed by atoms with Crippen molar-refractivity contribution >= 4 is 24.3 Å². The van der Waals surface area contributed by atoms with Gasteiger partial charge in [-0.25, -0.2) is 0 Å². The van der Waals surface area contributed by atoms with Crippen LogP contribution >= 0.6 is 18.6 Å². The Morgan fingerprint density at radius 1 is 1.45 bits per heavy atom. The van der Waals surface area contributed by atoms with Crippen LogP contribution in [0.15, 0.2) is 18.2 Å². The maximum atomic E-state index is 3.39. The van der Waals surface area contributed by atoms with Crippen molar-refractivity contribution in [1.82, 2.24) is 0 Å². The number of benzene rings is 1. The molecule has 2 rings (SSSR count). The van der Waals surface area contributed by atoms with E-state index in [1.54, 1.807) is 0 Å². The van der Waals surface area contributed by atoms with Crippen molar-refractivity contribution in [3.8, 4) is 0 Å². The van der Waals surface area contributed by atoms with Gasteiger partial charge in [0.25, 0.3) is 0 Å². The van der Waals surface area contributed by atoms with Crippen LogP contribution in [-0.4, -0.2) is 6.54 Å². The fourth-order valence-electron chi connectivity index (χ4n) is 1.31. The van der Waals surface area contributed by atoms with E-state index in [1.807, 2.05) is 0 Å². The Hall–Kier alpha value is 0.480. The Balaban J connectivity index is 2.41. The molecule has 1 aliphatic heterocycles. The van der Waals surface area contributed by atoms with Crippen molar-refractivity contribution in [3.63, 3.8) is 0 Å². The van der Waals surface area contributed by atoms with E-state index in [0.29, 0.717) is 0 Å². The minimum atomic E-state index is 0.231. The molecule has 1 nitrogen and oxygen atoms in total. The average molecular weight is 372 g/mol. The van der Waals surface area contributed by atoms with E-state index in [1.165, 1.54) is 21.2 Å². The third kappa shape index (κ3) is 1.63. The molecule has 1 heterocycles. The number of rotatable bonds is 1. The van der Waals surface area contributed by atoms with Crippen LogP contribution < -0.4 is 22.5 Å². The fraction of sp³-hybridized carbons (Fsp3) is 0.250. The molecule has 0 spiro atoms. The molecule has 0 saturated heterocycles. The Morgan fingerprint density at radius 3 is 3.18 bits per heavy atom. The summed E-state index contributed by atoms with van der Waals surface area (Å²) in [5.74, 6) is 0. The number of halogens is 2. The van der Waals surface area contributed by atoms with Crippen LogP contribution in [0.4, 0.5) is 5.69 Å². The number of fused-ring (bicyclic) bond motifs is 1. The second-order valence-electron chi connectivity index (χ2n) is 2.55. The van der Waals surface area contributed by atoms with Gasteiger partial charge in [-0.3, -0.25) is 0 Å². The molecule has 0 bridgehead atoms. The van der Waals surface area contributed by atoms with E-state index in [0.717, 1.165) is 6.54 Å². The van der Waals surface area contributed by atoms with Crippen LogP contribution in [0.25, 0.3) is 0 Å². The summed E-state index contributed by atoms with van der Waals surface area (Å²) in [5.41, 5.74) is 2.86. The Labute approximate surface area is 86.4 Å². The molecular formula is C8H8I2N-. The summed E-state index contributed by atoms with van der Waals surface area (Å²) < 4.78 is 1.53. The van der Waals surface area contributed by atoms with E-state index in [2.05, 4.69) is 42.1 Å². The summed E-state index contributed by atoms with van der Waals surface area (Å²) in [6.07, 6.45) is 1.20. The summed E-state index contributed by atoms with van der Waals surface area (Å²) >= 11 is 2.73. The van der Waals surface area contributed by atoms with Crippen molar-refractivity contribution in [2.24, 2.45) is 0 Å². The van der Waals surface area contributed by atoms with Crippen molar-refractivity contribution < 1.29 is 17.2 Å². The van der Waals surface area contributed by atoms with Crippen molar-refractivity contribution in [2.45, 2.75) is 6.42 Å². The monoisotopic (exact) mass is 372 g/mol. The fourth-order valence-corrected chi connectivity index (χ4v) is 3.75. The van der Waals surface area contributed by atoms with Crippen LogP contribution in [0.3, 0.4) is 0 Å². The second kappa shape index (κ2) is 3.47. The quantitative estimate of drug-likeness (QED) is 0.641. The molecule has 1 aromatic rings. The van der Waals surface area contributed by atoms with Crippen LogP contribution in [0.5, 0.6) is 0 Å². The molecule has 0 atom stereocenters. The molecule has 1 aromatic carbocycles. The van der Waals surface area contributed by atoms with Gasteiger partial charge in [0.05, 0.1) is 0 Å². The zero-order valence-corrected chi connectivity index (χ0v) is 10.2. The predicted octanol–water partition coefficient (Wildman–Crippen LogP) is -0.737. The average Bonchev–Trinajstić information content (AvgIpc) is 2.50. The molecule has 0 amide bonds. The van der Waals surface area contributed by atoms with Crippen molar-refractivity contribution in [3.05, 3.63) is 27.3 Å². The summed E-state index contributed by atoms with van der Waals surface area (Å²) in [7, 11) is 0. The van der Waals surface area contributed by atoms with Gasteiger partial charge in [-0.05, 0) is 0 Å². The molecule has 0 aliphatic carbocycles. The number of hydrogen-bond donors (Lipinski definition) is 1. The normalized spacial score (nSPS) is 14.6. The van der Waals surface area contributed by atoms with Crippen LogP contribution in [0, 0.1) is 3.57 Å². The molecule has 0 saturated carbocycles. The predicted molar refractivity (Wildman–Crippen MR) is 51.4 cm³/mol. The van der Waals surface area contributed by atoms with Gasteiger partial charge >= 0.3 is 87.1 Å².